The highest BCUT2D eigenvalue weighted by atomic mass is 32.2. The van der Waals surface area contributed by atoms with Crippen LogP contribution in [0.2, 0.25) is 0 Å². The molecule has 28 heavy (non-hydrogen) atoms. The first kappa shape index (κ1) is 19.8. The summed E-state index contributed by atoms with van der Waals surface area (Å²) in [5.74, 6) is 0.690. The first-order valence-electron chi connectivity index (χ1n) is 9.06. The van der Waals surface area contributed by atoms with Crippen molar-refractivity contribution in [3.8, 4) is 11.4 Å². The van der Waals surface area contributed by atoms with Crippen molar-refractivity contribution in [2.24, 2.45) is 0 Å². The Hall–Kier alpha value is -2.93. The molecule has 3 aromatic rings. The zero-order valence-corrected chi connectivity index (χ0v) is 16.8. The zero-order valence-electron chi connectivity index (χ0n) is 15.9. The van der Waals surface area contributed by atoms with Crippen LogP contribution >= 0.6 is 11.8 Å². The van der Waals surface area contributed by atoms with Crippen molar-refractivity contribution in [1.29, 1.82) is 0 Å². The van der Waals surface area contributed by atoms with Crippen molar-refractivity contribution in [3.05, 3.63) is 73.1 Å². The van der Waals surface area contributed by atoms with Gasteiger partial charge in [-0.25, -0.2) is 0 Å². The Bertz CT molecular complexity index is 926. The smallest absolute Gasteiger partial charge is 0.233 e. The maximum absolute atomic E-state index is 12.7. The number of allylic oxidation sites excluding steroid dienone is 1. The Kier molecular flexibility index (Phi) is 6.60. The van der Waals surface area contributed by atoms with E-state index in [1.165, 1.54) is 11.8 Å². The van der Waals surface area contributed by atoms with E-state index < -0.39 is 0 Å². The van der Waals surface area contributed by atoms with E-state index in [4.69, 9.17) is 0 Å². The molecule has 2 atom stereocenters. The predicted molar refractivity (Wildman–Crippen MR) is 112 cm³/mol. The zero-order chi connectivity index (χ0) is 19.9. The molecule has 3 rings (SSSR count). The molecule has 0 fully saturated rings. The summed E-state index contributed by atoms with van der Waals surface area (Å²) in [4.78, 5) is 16.7. The molecule has 1 amide bonds. The molecule has 0 spiro atoms. The van der Waals surface area contributed by atoms with Crippen molar-refractivity contribution in [2.45, 2.75) is 36.8 Å². The molecule has 2 aromatic heterocycles. The fraction of sp³-hybridized carbons (Fsp3) is 0.238. The van der Waals surface area contributed by atoms with E-state index in [0.717, 1.165) is 17.0 Å². The Morgan fingerprint density at radius 3 is 2.57 bits per heavy atom. The molecule has 144 valence electrons. The van der Waals surface area contributed by atoms with Gasteiger partial charge in [-0.2, -0.15) is 0 Å². The highest BCUT2D eigenvalue weighted by molar-refractivity contribution is 8.00. The number of hydrogen-bond acceptors (Lipinski definition) is 5. The third-order valence-electron chi connectivity index (χ3n) is 4.28. The molecule has 0 aliphatic rings. The van der Waals surface area contributed by atoms with Gasteiger partial charge in [0.1, 0.15) is 0 Å². The fourth-order valence-electron chi connectivity index (χ4n) is 2.75. The molecule has 1 N–H and O–H groups in total. The summed E-state index contributed by atoms with van der Waals surface area (Å²) in [6, 6.07) is 13.6. The minimum absolute atomic E-state index is 0.0417. The summed E-state index contributed by atoms with van der Waals surface area (Å²) >= 11 is 1.38. The average molecular weight is 394 g/mol. The number of pyridine rings is 1. The van der Waals surface area contributed by atoms with Crippen LogP contribution < -0.4 is 5.32 Å². The van der Waals surface area contributed by atoms with Gasteiger partial charge in [-0.3, -0.25) is 14.3 Å². The van der Waals surface area contributed by atoms with Gasteiger partial charge in [-0.05, 0) is 31.5 Å². The quantitative estimate of drug-likeness (QED) is 0.464. The SMILES string of the molecule is C=CCn1c(SC(C)C(=O)NC(C)c2ccccc2)nnc1-c1ccncc1. The molecule has 0 radical (unpaired) electrons. The van der Waals surface area contributed by atoms with Gasteiger partial charge in [0.15, 0.2) is 11.0 Å². The molecule has 0 aliphatic carbocycles. The minimum Gasteiger partial charge on any atom is -0.349 e. The highest BCUT2D eigenvalue weighted by Crippen LogP contribution is 2.27. The lowest BCUT2D eigenvalue weighted by Crippen LogP contribution is -2.33. The van der Waals surface area contributed by atoms with Gasteiger partial charge in [0.05, 0.1) is 11.3 Å². The van der Waals surface area contributed by atoms with Gasteiger partial charge < -0.3 is 5.32 Å². The van der Waals surface area contributed by atoms with Crippen molar-refractivity contribution in [2.75, 3.05) is 0 Å². The monoisotopic (exact) mass is 393 g/mol. The summed E-state index contributed by atoms with van der Waals surface area (Å²) in [5, 5.41) is 12.0. The normalized spacial score (nSPS) is 12.9. The third-order valence-corrected chi connectivity index (χ3v) is 5.36. The van der Waals surface area contributed by atoms with Crippen molar-refractivity contribution >= 4 is 17.7 Å². The van der Waals surface area contributed by atoms with Crippen LogP contribution in [0.15, 0.2) is 72.7 Å². The van der Waals surface area contributed by atoms with Crippen LogP contribution in [0.3, 0.4) is 0 Å². The van der Waals surface area contributed by atoms with Crippen molar-refractivity contribution in [1.82, 2.24) is 25.1 Å². The lowest BCUT2D eigenvalue weighted by atomic mass is 10.1. The summed E-state index contributed by atoms with van der Waals surface area (Å²) in [7, 11) is 0. The second-order valence-corrected chi connectivity index (χ2v) is 7.65. The topological polar surface area (TPSA) is 72.7 Å². The summed E-state index contributed by atoms with van der Waals surface area (Å²) in [6.45, 7) is 8.23. The summed E-state index contributed by atoms with van der Waals surface area (Å²) in [5.41, 5.74) is 1.99. The van der Waals surface area contributed by atoms with Crippen LogP contribution in [0.25, 0.3) is 11.4 Å². The minimum atomic E-state index is -0.316. The van der Waals surface area contributed by atoms with E-state index in [1.54, 1.807) is 18.5 Å². The van der Waals surface area contributed by atoms with Gasteiger partial charge in [0.2, 0.25) is 5.91 Å². The first-order valence-corrected chi connectivity index (χ1v) is 9.94. The van der Waals surface area contributed by atoms with E-state index in [0.29, 0.717) is 11.7 Å². The predicted octanol–water partition coefficient (Wildman–Crippen LogP) is 3.88. The van der Waals surface area contributed by atoms with Gasteiger partial charge in [0.25, 0.3) is 0 Å². The number of benzene rings is 1. The van der Waals surface area contributed by atoms with Crippen LogP contribution in [0, 0.1) is 0 Å². The second kappa shape index (κ2) is 9.32. The van der Waals surface area contributed by atoms with Gasteiger partial charge in [-0.15, -0.1) is 16.8 Å². The maximum Gasteiger partial charge on any atom is 0.233 e. The van der Waals surface area contributed by atoms with Crippen molar-refractivity contribution in [3.63, 3.8) is 0 Å². The van der Waals surface area contributed by atoms with E-state index in [-0.39, 0.29) is 17.2 Å². The molecule has 6 nitrogen and oxygen atoms in total. The fourth-order valence-corrected chi connectivity index (χ4v) is 3.62. The molecule has 0 saturated heterocycles. The second-order valence-electron chi connectivity index (χ2n) is 6.34. The van der Waals surface area contributed by atoms with E-state index in [1.807, 2.05) is 60.9 Å². The number of nitrogens with one attached hydrogen (secondary N) is 1. The Balaban J connectivity index is 1.73. The third kappa shape index (κ3) is 4.67. The average Bonchev–Trinajstić information content (AvgIpc) is 3.11. The molecule has 7 heteroatoms. The molecule has 1 aromatic carbocycles. The van der Waals surface area contributed by atoms with Crippen LogP contribution in [-0.2, 0) is 11.3 Å². The maximum atomic E-state index is 12.7. The molecule has 0 saturated carbocycles. The number of aromatic nitrogens is 4. The number of amides is 1. The number of thioether (sulfide) groups is 1. The Labute approximate surface area is 169 Å². The Morgan fingerprint density at radius 2 is 1.89 bits per heavy atom. The largest absolute Gasteiger partial charge is 0.349 e. The van der Waals surface area contributed by atoms with Crippen LogP contribution in [0.5, 0.6) is 0 Å². The Morgan fingerprint density at radius 1 is 1.18 bits per heavy atom. The van der Waals surface area contributed by atoms with E-state index in [9.17, 15) is 4.79 Å². The highest BCUT2D eigenvalue weighted by Gasteiger charge is 2.21. The number of carbonyl (C=O) groups is 1. The molecule has 0 bridgehead atoms. The van der Waals surface area contributed by atoms with Crippen molar-refractivity contribution < 1.29 is 4.79 Å². The van der Waals surface area contributed by atoms with Gasteiger partial charge in [0, 0.05) is 24.5 Å². The molecule has 2 heterocycles. The van der Waals surface area contributed by atoms with Gasteiger partial charge in [-0.1, -0.05) is 48.2 Å². The molecule has 2 unspecified atom stereocenters. The van der Waals surface area contributed by atoms with E-state index in [2.05, 4.69) is 27.1 Å². The van der Waals surface area contributed by atoms with Crippen LogP contribution in [0.4, 0.5) is 0 Å². The lowest BCUT2D eigenvalue weighted by molar-refractivity contribution is -0.120. The van der Waals surface area contributed by atoms with Gasteiger partial charge >= 0.3 is 0 Å². The summed E-state index contributed by atoms with van der Waals surface area (Å²) in [6.07, 6.45) is 5.23. The standard InChI is InChI=1S/C21H23N5OS/c1-4-14-26-19(18-10-12-22-13-11-18)24-25-21(26)28-16(3)20(27)23-15(2)17-8-6-5-7-9-17/h4-13,15-16H,1,14H2,2-3H3,(H,23,27). The summed E-state index contributed by atoms with van der Waals surface area (Å²) < 4.78 is 1.96. The van der Waals surface area contributed by atoms with Crippen LogP contribution in [0.1, 0.15) is 25.5 Å². The molecular formula is C21H23N5OS. The lowest BCUT2D eigenvalue weighted by Gasteiger charge is -2.17. The molecule has 0 aliphatic heterocycles. The van der Waals surface area contributed by atoms with E-state index >= 15 is 0 Å². The number of rotatable bonds is 8. The van der Waals surface area contributed by atoms with Crippen LogP contribution in [-0.4, -0.2) is 30.9 Å². The molecular weight excluding hydrogens is 370 g/mol. The first-order chi connectivity index (χ1) is 13.6. The number of nitrogens with zero attached hydrogens (tertiary/aromatic N) is 4. The number of carbonyl (C=O) groups excluding carboxylic acids is 1. The number of hydrogen-bond donors (Lipinski definition) is 1.